The molecule has 0 radical (unpaired) electrons. The van der Waals surface area contributed by atoms with Gasteiger partial charge in [-0.1, -0.05) is 0 Å². The smallest absolute Gasteiger partial charge is 0.258 e. The number of hydrogen-bond donors (Lipinski definition) is 2. The van der Waals surface area contributed by atoms with Gasteiger partial charge in [-0.25, -0.2) is 0 Å². The number of methoxy groups -OCH3 is 1. The molecule has 0 aliphatic carbocycles. The second kappa shape index (κ2) is 5.81. The number of nitrogens with one attached hydrogen (secondary N) is 1. The van der Waals surface area contributed by atoms with Crippen LogP contribution in [-0.2, 0) is 4.79 Å². The normalized spacial score (nSPS) is 19.2. The molecule has 2 N–H and O–H groups in total. The molecule has 1 saturated heterocycles. The molecule has 6 heteroatoms. The third-order valence-corrected chi connectivity index (χ3v) is 3.40. The van der Waals surface area contributed by atoms with Gasteiger partial charge in [-0.05, 0) is 31.5 Å². The number of phenolic OH excluding ortho intramolecular Hbond substituents is 1. The summed E-state index contributed by atoms with van der Waals surface area (Å²) in [6, 6.07) is 3.80. The molecular weight excluding hydrogens is 260 g/mol. The molecule has 1 unspecified atom stereocenters. The molecule has 1 aliphatic rings. The highest BCUT2D eigenvalue weighted by Crippen LogP contribution is 2.25. The fraction of sp³-hybridized carbons (Fsp3) is 0.429. The Balaban J connectivity index is 2.34. The lowest BCUT2D eigenvalue weighted by molar-refractivity contribution is -0.124. The number of benzene rings is 1. The average molecular weight is 278 g/mol. The number of hydrogen-bond acceptors (Lipinski definition) is 4. The van der Waals surface area contributed by atoms with Gasteiger partial charge in [0, 0.05) is 13.1 Å². The first-order valence-corrected chi connectivity index (χ1v) is 6.50. The summed E-state index contributed by atoms with van der Waals surface area (Å²) in [5, 5.41) is 12.3. The van der Waals surface area contributed by atoms with Crippen LogP contribution in [0.5, 0.6) is 11.5 Å². The highest BCUT2D eigenvalue weighted by Gasteiger charge is 2.30. The van der Waals surface area contributed by atoms with Gasteiger partial charge in [0.05, 0.1) is 12.7 Å². The van der Waals surface area contributed by atoms with Crippen LogP contribution in [0.2, 0.25) is 0 Å². The van der Waals surface area contributed by atoms with E-state index in [1.165, 1.54) is 30.2 Å². The molecule has 0 spiro atoms. The average Bonchev–Trinajstić information content (AvgIpc) is 2.61. The Morgan fingerprint density at radius 3 is 2.95 bits per heavy atom. The minimum atomic E-state index is -0.544. The molecule has 20 heavy (non-hydrogen) atoms. The molecule has 1 atom stereocenters. The summed E-state index contributed by atoms with van der Waals surface area (Å²) in [4.78, 5) is 25.9. The van der Waals surface area contributed by atoms with Gasteiger partial charge in [0.15, 0.2) is 0 Å². The molecule has 0 saturated carbocycles. The van der Waals surface area contributed by atoms with Crippen molar-refractivity contribution in [2.75, 3.05) is 20.2 Å². The molecular formula is C14H18N2O4. The second-order valence-corrected chi connectivity index (χ2v) is 4.70. The Bertz CT molecular complexity index is 530. The molecule has 1 fully saturated rings. The molecule has 0 aromatic heterocycles. The van der Waals surface area contributed by atoms with Crippen LogP contribution < -0.4 is 10.1 Å². The van der Waals surface area contributed by atoms with Crippen molar-refractivity contribution in [1.82, 2.24) is 10.2 Å². The van der Waals surface area contributed by atoms with Gasteiger partial charge in [0.25, 0.3) is 5.91 Å². The van der Waals surface area contributed by atoms with Gasteiger partial charge >= 0.3 is 0 Å². The van der Waals surface area contributed by atoms with Crippen molar-refractivity contribution in [3.05, 3.63) is 23.8 Å². The van der Waals surface area contributed by atoms with Crippen molar-refractivity contribution in [3.63, 3.8) is 0 Å². The minimum absolute atomic E-state index is 0.0129. The van der Waals surface area contributed by atoms with Crippen molar-refractivity contribution < 1.29 is 19.4 Å². The highest BCUT2D eigenvalue weighted by atomic mass is 16.5. The van der Waals surface area contributed by atoms with Crippen LogP contribution in [0.4, 0.5) is 0 Å². The van der Waals surface area contributed by atoms with Crippen LogP contribution in [0.15, 0.2) is 18.2 Å². The Kier molecular flexibility index (Phi) is 4.12. The Hall–Kier alpha value is -2.24. The van der Waals surface area contributed by atoms with Crippen LogP contribution in [0.3, 0.4) is 0 Å². The summed E-state index contributed by atoms with van der Waals surface area (Å²) in [7, 11) is 1.46. The first-order valence-electron chi connectivity index (χ1n) is 6.50. The number of rotatable bonds is 2. The minimum Gasteiger partial charge on any atom is -0.508 e. The molecule has 1 aliphatic heterocycles. The van der Waals surface area contributed by atoms with E-state index >= 15 is 0 Å². The number of carbonyl (C=O) groups excluding carboxylic acids is 2. The van der Waals surface area contributed by atoms with E-state index < -0.39 is 6.04 Å². The summed E-state index contributed by atoms with van der Waals surface area (Å²) in [5.74, 6) is -0.122. The fourth-order valence-electron chi connectivity index (χ4n) is 2.24. The van der Waals surface area contributed by atoms with E-state index in [0.29, 0.717) is 25.3 Å². The van der Waals surface area contributed by atoms with Crippen molar-refractivity contribution in [3.8, 4) is 11.5 Å². The van der Waals surface area contributed by atoms with Gasteiger partial charge < -0.3 is 20.1 Å². The molecule has 6 nitrogen and oxygen atoms in total. The zero-order chi connectivity index (χ0) is 14.7. The van der Waals surface area contributed by atoms with E-state index in [1.54, 1.807) is 6.92 Å². The van der Waals surface area contributed by atoms with Gasteiger partial charge in [-0.2, -0.15) is 0 Å². The third kappa shape index (κ3) is 2.68. The van der Waals surface area contributed by atoms with Crippen LogP contribution >= 0.6 is 0 Å². The van der Waals surface area contributed by atoms with Gasteiger partial charge in [-0.3, -0.25) is 9.59 Å². The first kappa shape index (κ1) is 14.2. The quantitative estimate of drug-likeness (QED) is 0.837. The van der Waals surface area contributed by atoms with Crippen molar-refractivity contribution in [2.45, 2.75) is 19.4 Å². The van der Waals surface area contributed by atoms with E-state index in [1.807, 2.05) is 0 Å². The zero-order valence-electron chi connectivity index (χ0n) is 11.5. The zero-order valence-corrected chi connectivity index (χ0v) is 11.5. The van der Waals surface area contributed by atoms with E-state index in [9.17, 15) is 14.7 Å². The summed E-state index contributed by atoms with van der Waals surface area (Å²) < 4.78 is 5.15. The van der Waals surface area contributed by atoms with E-state index in [4.69, 9.17) is 4.74 Å². The van der Waals surface area contributed by atoms with Crippen LogP contribution in [0, 0.1) is 0 Å². The van der Waals surface area contributed by atoms with E-state index in [0.717, 1.165) is 0 Å². The predicted octanol–water partition coefficient (Wildman–Crippen LogP) is 0.751. The lowest BCUT2D eigenvalue weighted by atomic mass is 10.1. The number of phenols is 1. The third-order valence-electron chi connectivity index (χ3n) is 3.40. The maximum Gasteiger partial charge on any atom is 0.258 e. The molecule has 1 aromatic carbocycles. The number of carbonyl (C=O) groups is 2. The maximum absolute atomic E-state index is 12.6. The van der Waals surface area contributed by atoms with Crippen LogP contribution in [0.25, 0.3) is 0 Å². The Morgan fingerprint density at radius 2 is 2.25 bits per heavy atom. The summed E-state index contributed by atoms with van der Waals surface area (Å²) in [5.41, 5.74) is 0.258. The summed E-state index contributed by atoms with van der Waals surface area (Å²) >= 11 is 0. The summed E-state index contributed by atoms with van der Waals surface area (Å²) in [6.07, 6.45) is 0.697. The maximum atomic E-state index is 12.6. The predicted molar refractivity (Wildman–Crippen MR) is 72.8 cm³/mol. The van der Waals surface area contributed by atoms with Crippen molar-refractivity contribution >= 4 is 11.8 Å². The molecule has 1 aromatic rings. The van der Waals surface area contributed by atoms with E-state index in [2.05, 4.69) is 5.32 Å². The standard InChI is InChI=1S/C14H18N2O4/c1-9-13(18)15-6-3-7-16(9)14(19)11-8-10(17)4-5-12(11)20-2/h4-5,8-9,17H,3,6-7H2,1-2H3,(H,15,18). The molecule has 2 rings (SSSR count). The van der Waals surface area contributed by atoms with Gasteiger partial charge in [0.2, 0.25) is 5.91 Å². The van der Waals surface area contributed by atoms with Gasteiger partial charge in [-0.15, -0.1) is 0 Å². The van der Waals surface area contributed by atoms with Crippen molar-refractivity contribution in [2.24, 2.45) is 0 Å². The summed E-state index contributed by atoms with van der Waals surface area (Å²) in [6.45, 7) is 2.73. The molecule has 0 bridgehead atoms. The fourth-order valence-corrected chi connectivity index (χ4v) is 2.24. The van der Waals surface area contributed by atoms with Crippen molar-refractivity contribution in [1.29, 1.82) is 0 Å². The van der Waals surface area contributed by atoms with Crippen LogP contribution in [0.1, 0.15) is 23.7 Å². The largest absolute Gasteiger partial charge is 0.508 e. The van der Waals surface area contributed by atoms with Crippen LogP contribution in [-0.4, -0.2) is 48.1 Å². The lowest BCUT2D eigenvalue weighted by Crippen LogP contribution is -2.45. The molecule has 108 valence electrons. The van der Waals surface area contributed by atoms with Gasteiger partial charge in [0.1, 0.15) is 17.5 Å². The van der Waals surface area contributed by atoms with E-state index in [-0.39, 0.29) is 23.1 Å². The first-order chi connectivity index (χ1) is 9.54. The molecule has 2 amide bonds. The SMILES string of the molecule is COc1ccc(O)cc1C(=O)N1CCCNC(=O)C1C. The topological polar surface area (TPSA) is 78.9 Å². The second-order valence-electron chi connectivity index (χ2n) is 4.70. The monoisotopic (exact) mass is 278 g/mol. The Labute approximate surface area is 117 Å². The number of nitrogens with zero attached hydrogens (tertiary/aromatic N) is 1. The molecule has 1 heterocycles. The highest BCUT2D eigenvalue weighted by molar-refractivity contribution is 6.00. The number of amides is 2. The number of aromatic hydroxyl groups is 1. The lowest BCUT2D eigenvalue weighted by Gasteiger charge is -2.26. The Morgan fingerprint density at radius 1 is 1.50 bits per heavy atom. The number of ether oxygens (including phenoxy) is 1.